The highest BCUT2D eigenvalue weighted by Crippen LogP contribution is 2.37. The quantitative estimate of drug-likeness (QED) is 0.884. The number of aliphatic hydroxyl groups excluding tert-OH is 1. The van der Waals surface area contributed by atoms with Crippen LogP contribution in [0.3, 0.4) is 0 Å². The number of ether oxygens (including phenoxy) is 1. The smallest absolute Gasteiger partial charge is 0.0764 e. The average molecular weight is 325 g/mol. The fraction of sp³-hybridized carbons (Fsp3) is 0.647. The van der Waals surface area contributed by atoms with Crippen LogP contribution in [-0.2, 0) is 10.2 Å². The highest BCUT2D eigenvalue weighted by molar-refractivity contribution is 6.30. The summed E-state index contributed by atoms with van der Waals surface area (Å²) in [6.07, 6.45) is 1.55. The van der Waals surface area contributed by atoms with Gasteiger partial charge in [0, 0.05) is 30.1 Å². The number of morpholine rings is 1. The molecule has 0 spiro atoms. The Morgan fingerprint density at radius 1 is 1.18 bits per heavy atom. The van der Waals surface area contributed by atoms with E-state index < -0.39 is 0 Å². The summed E-state index contributed by atoms with van der Waals surface area (Å²) in [6.45, 7) is 5.96. The van der Waals surface area contributed by atoms with Crippen LogP contribution in [0.2, 0.25) is 5.02 Å². The van der Waals surface area contributed by atoms with Crippen molar-refractivity contribution < 1.29 is 9.84 Å². The van der Waals surface area contributed by atoms with E-state index in [4.69, 9.17) is 16.3 Å². The first-order valence-electron chi connectivity index (χ1n) is 8.16. The van der Waals surface area contributed by atoms with Gasteiger partial charge in [-0.1, -0.05) is 23.7 Å². The zero-order valence-corrected chi connectivity index (χ0v) is 13.7. The van der Waals surface area contributed by atoms with E-state index in [1.165, 1.54) is 5.56 Å². The number of nitrogens with one attached hydrogen (secondary N) is 1. The van der Waals surface area contributed by atoms with E-state index in [1.807, 2.05) is 12.1 Å². The Morgan fingerprint density at radius 3 is 2.45 bits per heavy atom. The average Bonchev–Trinajstić information content (AvgIpc) is 2.57. The molecule has 2 aliphatic rings. The number of piperidine rings is 1. The van der Waals surface area contributed by atoms with E-state index >= 15 is 0 Å². The van der Waals surface area contributed by atoms with Crippen molar-refractivity contribution in [1.82, 2.24) is 10.2 Å². The molecule has 2 heterocycles. The van der Waals surface area contributed by atoms with Crippen LogP contribution in [0.1, 0.15) is 18.4 Å². The highest BCUT2D eigenvalue weighted by atomic mass is 35.5. The zero-order valence-electron chi connectivity index (χ0n) is 12.9. The molecule has 1 unspecified atom stereocenters. The molecule has 1 atom stereocenters. The van der Waals surface area contributed by atoms with Crippen LogP contribution in [0.4, 0.5) is 0 Å². The molecule has 0 bridgehead atoms. The predicted molar refractivity (Wildman–Crippen MR) is 88.5 cm³/mol. The van der Waals surface area contributed by atoms with Crippen LogP contribution in [-0.4, -0.2) is 62.0 Å². The van der Waals surface area contributed by atoms with Gasteiger partial charge >= 0.3 is 0 Å². The maximum atomic E-state index is 11.1. The fourth-order valence-electron chi connectivity index (χ4n) is 3.67. The molecule has 3 rings (SSSR count). The van der Waals surface area contributed by atoms with Gasteiger partial charge in [0.2, 0.25) is 0 Å². The molecule has 2 fully saturated rings. The van der Waals surface area contributed by atoms with Crippen LogP contribution in [0.5, 0.6) is 0 Å². The summed E-state index contributed by atoms with van der Waals surface area (Å²) < 4.78 is 5.40. The van der Waals surface area contributed by atoms with Gasteiger partial charge in [0.05, 0.1) is 19.3 Å². The molecule has 1 aromatic carbocycles. The molecule has 0 aliphatic carbocycles. The zero-order chi connectivity index (χ0) is 15.4. The van der Waals surface area contributed by atoms with Crippen molar-refractivity contribution in [2.24, 2.45) is 0 Å². The van der Waals surface area contributed by atoms with Crippen LogP contribution in [0.15, 0.2) is 24.3 Å². The van der Waals surface area contributed by atoms with E-state index in [-0.39, 0.29) is 11.5 Å². The maximum Gasteiger partial charge on any atom is 0.0764 e. The number of nitrogens with zero attached hydrogens (tertiary/aromatic N) is 1. The number of halogens is 1. The van der Waals surface area contributed by atoms with Crippen LogP contribution in [0, 0.1) is 0 Å². The number of benzene rings is 1. The van der Waals surface area contributed by atoms with Crippen molar-refractivity contribution >= 4 is 11.6 Å². The predicted octanol–water partition coefficient (Wildman–Crippen LogP) is 1.65. The molecule has 2 saturated heterocycles. The second kappa shape index (κ2) is 7.28. The van der Waals surface area contributed by atoms with E-state index in [2.05, 4.69) is 22.3 Å². The molecule has 122 valence electrons. The third-order valence-corrected chi connectivity index (χ3v) is 5.34. The Morgan fingerprint density at radius 2 is 1.82 bits per heavy atom. The van der Waals surface area contributed by atoms with Gasteiger partial charge in [0.1, 0.15) is 0 Å². The molecular weight excluding hydrogens is 300 g/mol. The fourth-order valence-corrected chi connectivity index (χ4v) is 3.80. The third kappa shape index (κ3) is 3.47. The van der Waals surface area contributed by atoms with Gasteiger partial charge in [0.25, 0.3) is 0 Å². The first kappa shape index (κ1) is 16.2. The van der Waals surface area contributed by atoms with Crippen LogP contribution in [0.25, 0.3) is 0 Å². The second-order valence-corrected chi connectivity index (χ2v) is 6.78. The van der Waals surface area contributed by atoms with E-state index in [0.717, 1.165) is 57.3 Å². The van der Waals surface area contributed by atoms with Crippen molar-refractivity contribution in [3.8, 4) is 0 Å². The minimum atomic E-state index is -0.367. The molecule has 1 aromatic rings. The minimum absolute atomic E-state index is 0.172. The largest absolute Gasteiger partial charge is 0.391 e. The second-order valence-electron chi connectivity index (χ2n) is 6.34. The number of hydrogen-bond acceptors (Lipinski definition) is 4. The highest BCUT2D eigenvalue weighted by Gasteiger charge is 2.41. The van der Waals surface area contributed by atoms with Gasteiger partial charge in [0.15, 0.2) is 0 Å². The van der Waals surface area contributed by atoms with Gasteiger partial charge in [-0.15, -0.1) is 0 Å². The standard InChI is InChI=1S/C17H25ClN2O2/c18-15-3-1-14(2-4-15)17(5-7-19-8-6-17)16(21)13-20-9-11-22-12-10-20/h1-4,16,19,21H,5-13H2. The van der Waals surface area contributed by atoms with Crippen molar-refractivity contribution in [3.63, 3.8) is 0 Å². The summed E-state index contributed by atoms with van der Waals surface area (Å²) in [4.78, 5) is 2.31. The molecule has 2 N–H and O–H groups in total. The van der Waals surface area contributed by atoms with E-state index in [0.29, 0.717) is 6.54 Å². The number of rotatable bonds is 4. The Hall–Kier alpha value is -0.650. The first-order valence-corrected chi connectivity index (χ1v) is 8.53. The van der Waals surface area contributed by atoms with Crippen molar-refractivity contribution in [2.75, 3.05) is 45.9 Å². The summed E-state index contributed by atoms with van der Waals surface area (Å²) in [5, 5.41) is 15.2. The molecule has 0 amide bonds. The molecular formula is C17H25ClN2O2. The lowest BCUT2D eigenvalue weighted by Crippen LogP contribution is -2.53. The minimum Gasteiger partial charge on any atom is -0.391 e. The number of aliphatic hydroxyl groups is 1. The Kier molecular flexibility index (Phi) is 5.37. The maximum absolute atomic E-state index is 11.1. The number of β-amino-alcohol motifs (C(OH)–C–C–N with tert-alkyl or cyclic N) is 1. The van der Waals surface area contributed by atoms with Gasteiger partial charge in [-0.3, -0.25) is 4.90 Å². The van der Waals surface area contributed by atoms with Crippen molar-refractivity contribution in [1.29, 1.82) is 0 Å². The number of hydrogen-bond donors (Lipinski definition) is 2. The molecule has 5 heteroatoms. The van der Waals surface area contributed by atoms with Crippen LogP contribution < -0.4 is 5.32 Å². The van der Waals surface area contributed by atoms with E-state index in [9.17, 15) is 5.11 Å². The third-order valence-electron chi connectivity index (χ3n) is 5.09. The summed E-state index contributed by atoms with van der Waals surface area (Å²) in [5.41, 5.74) is 1.04. The topological polar surface area (TPSA) is 44.7 Å². The lowest BCUT2D eigenvalue weighted by atomic mass is 9.69. The monoisotopic (exact) mass is 324 g/mol. The summed E-state index contributed by atoms with van der Waals surface area (Å²) in [7, 11) is 0. The Bertz CT molecular complexity index is 468. The first-order chi connectivity index (χ1) is 10.7. The van der Waals surface area contributed by atoms with Gasteiger partial charge in [-0.05, 0) is 43.6 Å². The van der Waals surface area contributed by atoms with Gasteiger partial charge in [-0.2, -0.15) is 0 Å². The molecule has 4 nitrogen and oxygen atoms in total. The SMILES string of the molecule is OC(CN1CCOCC1)C1(c2ccc(Cl)cc2)CCNCC1. The van der Waals surface area contributed by atoms with Gasteiger partial charge < -0.3 is 15.2 Å². The van der Waals surface area contributed by atoms with Crippen molar-refractivity contribution in [3.05, 3.63) is 34.9 Å². The lowest BCUT2D eigenvalue weighted by molar-refractivity contribution is -0.0141. The molecule has 0 saturated carbocycles. The molecule has 22 heavy (non-hydrogen) atoms. The van der Waals surface area contributed by atoms with E-state index in [1.54, 1.807) is 0 Å². The molecule has 0 radical (unpaired) electrons. The summed E-state index contributed by atoms with van der Waals surface area (Å²) >= 11 is 6.03. The summed E-state index contributed by atoms with van der Waals surface area (Å²) in [5.74, 6) is 0. The normalized spacial score (nSPS) is 24.1. The Balaban J connectivity index is 1.79. The lowest BCUT2D eigenvalue weighted by Gasteiger charge is -2.44. The van der Waals surface area contributed by atoms with Gasteiger partial charge in [-0.25, -0.2) is 0 Å². The van der Waals surface area contributed by atoms with Crippen LogP contribution >= 0.6 is 11.6 Å². The summed E-state index contributed by atoms with van der Waals surface area (Å²) in [6, 6.07) is 8.02. The molecule has 2 aliphatic heterocycles. The van der Waals surface area contributed by atoms with Crippen molar-refractivity contribution in [2.45, 2.75) is 24.4 Å². The molecule has 0 aromatic heterocycles. The Labute approximate surface area is 137 Å².